The van der Waals surface area contributed by atoms with Gasteiger partial charge >= 0.3 is 0 Å². The van der Waals surface area contributed by atoms with E-state index in [0.717, 1.165) is 75.5 Å². The van der Waals surface area contributed by atoms with E-state index in [1.54, 1.807) is 6.20 Å². The maximum Gasteiger partial charge on any atom is 0.101 e. The second kappa shape index (κ2) is 10.1. The number of ether oxygens (including phenoxy) is 1. The van der Waals surface area contributed by atoms with Crippen molar-refractivity contribution in [1.29, 1.82) is 5.26 Å². The molecule has 6 rings (SSSR count). The zero-order chi connectivity index (χ0) is 24.5. The van der Waals surface area contributed by atoms with Crippen molar-refractivity contribution in [1.82, 2.24) is 15.2 Å². The second-order valence-electron chi connectivity index (χ2n) is 10.4. The van der Waals surface area contributed by atoms with Crippen molar-refractivity contribution < 1.29 is 4.74 Å². The molecular weight excluding hydrogens is 448 g/mol. The van der Waals surface area contributed by atoms with Crippen LogP contribution in [-0.2, 0) is 4.74 Å². The molecule has 7 nitrogen and oxygen atoms in total. The zero-order valence-corrected chi connectivity index (χ0v) is 20.9. The van der Waals surface area contributed by atoms with Crippen LogP contribution in [0.15, 0.2) is 54.7 Å². The van der Waals surface area contributed by atoms with E-state index in [1.807, 2.05) is 12.1 Å². The van der Waals surface area contributed by atoms with Gasteiger partial charge < -0.3 is 19.9 Å². The third kappa shape index (κ3) is 4.64. The predicted molar refractivity (Wildman–Crippen MR) is 144 cm³/mol. The van der Waals surface area contributed by atoms with E-state index in [2.05, 4.69) is 74.4 Å². The van der Waals surface area contributed by atoms with Crippen LogP contribution in [0.4, 0.5) is 11.4 Å². The minimum absolute atomic E-state index is 0.153. The van der Waals surface area contributed by atoms with Crippen LogP contribution in [0.25, 0.3) is 10.9 Å². The van der Waals surface area contributed by atoms with Crippen LogP contribution in [0.1, 0.15) is 24.0 Å². The molecule has 3 fully saturated rings. The molecule has 7 heteroatoms. The average molecular weight is 483 g/mol. The van der Waals surface area contributed by atoms with Gasteiger partial charge in [0.05, 0.1) is 23.3 Å². The molecule has 3 saturated heterocycles. The summed E-state index contributed by atoms with van der Waals surface area (Å²) in [6, 6.07) is 19.5. The van der Waals surface area contributed by atoms with E-state index in [1.165, 1.54) is 11.3 Å². The summed E-state index contributed by atoms with van der Waals surface area (Å²) < 4.78 is 6.36. The zero-order valence-electron chi connectivity index (χ0n) is 20.9. The van der Waals surface area contributed by atoms with Gasteiger partial charge in [0.25, 0.3) is 0 Å². The molecule has 1 N–H and O–H groups in total. The molecule has 186 valence electrons. The molecule has 0 spiro atoms. The number of nitriles is 1. The van der Waals surface area contributed by atoms with Gasteiger partial charge in [-0.1, -0.05) is 12.1 Å². The fourth-order valence-corrected chi connectivity index (χ4v) is 5.96. The van der Waals surface area contributed by atoms with E-state index >= 15 is 0 Å². The molecule has 3 aliphatic rings. The number of likely N-dealkylation sites (tertiary alicyclic amines) is 1. The van der Waals surface area contributed by atoms with E-state index in [9.17, 15) is 5.26 Å². The number of morpholine rings is 1. The largest absolute Gasteiger partial charge is 0.370 e. The highest BCUT2D eigenvalue weighted by Crippen LogP contribution is 2.32. The molecule has 3 aliphatic heterocycles. The van der Waals surface area contributed by atoms with Crippen LogP contribution in [0.2, 0.25) is 0 Å². The lowest BCUT2D eigenvalue weighted by Gasteiger charge is -2.45. The predicted octanol–water partition coefficient (Wildman–Crippen LogP) is 3.21. The van der Waals surface area contributed by atoms with Gasteiger partial charge in [-0.2, -0.15) is 5.26 Å². The Labute approximate surface area is 213 Å². The second-order valence-corrected chi connectivity index (χ2v) is 10.4. The maximum absolute atomic E-state index is 9.50. The average Bonchev–Trinajstić information content (AvgIpc) is 2.90. The highest BCUT2D eigenvalue weighted by atomic mass is 16.5. The monoisotopic (exact) mass is 482 g/mol. The fourth-order valence-electron chi connectivity index (χ4n) is 5.96. The first-order valence-electron chi connectivity index (χ1n) is 13.1. The Kier molecular flexibility index (Phi) is 6.49. The molecule has 4 heterocycles. The summed E-state index contributed by atoms with van der Waals surface area (Å²) in [5.74, 6) is 0.604. The molecule has 0 unspecified atom stereocenters. The molecule has 1 aromatic heterocycles. The Bertz CT molecular complexity index is 1240. The molecule has 0 aliphatic carbocycles. The number of piperazine rings is 1. The SMILES string of the molecule is C[C@@H]1CN(c2ccc(C#N)c3ncccc23)C[C@H](CN2CC(c3ccc(N4CCNCC4)cc3)C2)O1. The third-order valence-electron chi connectivity index (χ3n) is 7.80. The van der Waals surface area contributed by atoms with Gasteiger partial charge in [-0.15, -0.1) is 0 Å². The number of hydrogen-bond acceptors (Lipinski definition) is 7. The standard InChI is InChI=1S/C29H34N6O/c1-21-16-35(28-9-6-23(15-30)29-27(28)3-2-10-32-29)20-26(36-21)19-33-17-24(18-33)22-4-7-25(8-5-22)34-13-11-31-12-14-34/h2-10,21,24,26,31H,11-14,16-20H2,1H3/t21-,26+/m1/s1. The van der Waals surface area contributed by atoms with E-state index in [-0.39, 0.29) is 12.2 Å². The minimum Gasteiger partial charge on any atom is -0.370 e. The topological polar surface area (TPSA) is 67.7 Å². The quantitative estimate of drug-likeness (QED) is 0.599. The molecular formula is C29H34N6O. The van der Waals surface area contributed by atoms with Crippen LogP contribution in [-0.4, -0.2) is 81.0 Å². The van der Waals surface area contributed by atoms with Gasteiger partial charge in [-0.05, 0) is 48.9 Å². The molecule has 0 radical (unpaired) electrons. The number of anilines is 2. The summed E-state index contributed by atoms with van der Waals surface area (Å²) in [4.78, 5) is 11.9. The van der Waals surface area contributed by atoms with Crippen molar-refractivity contribution in [3.05, 3.63) is 65.9 Å². The summed E-state index contributed by atoms with van der Waals surface area (Å²) in [5.41, 5.74) is 5.33. The van der Waals surface area contributed by atoms with Crippen molar-refractivity contribution in [3.63, 3.8) is 0 Å². The summed E-state index contributed by atoms with van der Waals surface area (Å²) in [6.45, 7) is 11.3. The van der Waals surface area contributed by atoms with Crippen LogP contribution in [0, 0.1) is 11.3 Å². The van der Waals surface area contributed by atoms with Crippen molar-refractivity contribution in [2.75, 3.05) is 68.7 Å². The highest BCUT2D eigenvalue weighted by molar-refractivity contribution is 5.95. The first-order valence-corrected chi connectivity index (χ1v) is 13.1. The lowest BCUT2D eigenvalue weighted by Crippen LogP contribution is -2.55. The molecule has 2 atom stereocenters. The minimum atomic E-state index is 0.153. The smallest absolute Gasteiger partial charge is 0.101 e. The fraction of sp³-hybridized carbons (Fsp3) is 0.448. The Balaban J connectivity index is 1.08. The van der Waals surface area contributed by atoms with Gasteiger partial charge in [0.2, 0.25) is 0 Å². The van der Waals surface area contributed by atoms with Crippen LogP contribution < -0.4 is 15.1 Å². The highest BCUT2D eigenvalue weighted by Gasteiger charge is 2.33. The number of aromatic nitrogens is 1. The Morgan fingerprint density at radius 1 is 1.00 bits per heavy atom. The Morgan fingerprint density at radius 2 is 1.81 bits per heavy atom. The molecule has 2 aromatic carbocycles. The summed E-state index contributed by atoms with van der Waals surface area (Å²) in [5, 5.41) is 14.0. The molecule has 36 heavy (non-hydrogen) atoms. The van der Waals surface area contributed by atoms with Crippen molar-refractivity contribution in [2.45, 2.75) is 25.0 Å². The van der Waals surface area contributed by atoms with Crippen molar-refractivity contribution in [3.8, 4) is 6.07 Å². The summed E-state index contributed by atoms with van der Waals surface area (Å²) in [6.07, 6.45) is 2.07. The van der Waals surface area contributed by atoms with Crippen LogP contribution in [0.5, 0.6) is 0 Å². The number of fused-ring (bicyclic) bond motifs is 1. The molecule has 0 amide bonds. The van der Waals surface area contributed by atoms with Crippen LogP contribution >= 0.6 is 0 Å². The number of hydrogen-bond donors (Lipinski definition) is 1. The Morgan fingerprint density at radius 3 is 2.58 bits per heavy atom. The van der Waals surface area contributed by atoms with Gasteiger partial charge in [0.15, 0.2) is 0 Å². The number of benzene rings is 2. The number of nitrogens with one attached hydrogen (secondary N) is 1. The molecule has 0 bridgehead atoms. The van der Waals surface area contributed by atoms with Gasteiger partial charge in [0.1, 0.15) is 6.07 Å². The van der Waals surface area contributed by atoms with Crippen LogP contribution in [0.3, 0.4) is 0 Å². The lowest BCUT2D eigenvalue weighted by molar-refractivity contribution is -0.0434. The third-order valence-corrected chi connectivity index (χ3v) is 7.80. The lowest BCUT2D eigenvalue weighted by atomic mass is 9.91. The van der Waals surface area contributed by atoms with Gasteiger partial charge in [0, 0.05) is 87.8 Å². The first kappa shape index (κ1) is 23.2. The first-order chi connectivity index (χ1) is 17.7. The normalized spacial score (nSPS) is 23.4. The van der Waals surface area contributed by atoms with Crippen molar-refractivity contribution >= 4 is 22.3 Å². The summed E-state index contributed by atoms with van der Waals surface area (Å²) >= 11 is 0. The number of rotatable bonds is 5. The van der Waals surface area contributed by atoms with Gasteiger partial charge in [-0.25, -0.2) is 0 Å². The van der Waals surface area contributed by atoms with E-state index in [4.69, 9.17) is 4.74 Å². The molecule has 0 saturated carbocycles. The number of pyridine rings is 1. The number of nitrogens with zero attached hydrogens (tertiary/aromatic N) is 5. The summed E-state index contributed by atoms with van der Waals surface area (Å²) in [7, 11) is 0. The van der Waals surface area contributed by atoms with Crippen molar-refractivity contribution in [2.24, 2.45) is 0 Å². The van der Waals surface area contributed by atoms with Gasteiger partial charge in [-0.3, -0.25) is 9.88 Å². The maximum atomic E-state index is 9.50. The Hall–Kier alpha value is -3.18. The van der Waals surface area contributed by atoms with E-state index < -0.39 is 0 Å². The molecule has 3 aromatic rings. The van der Waals surface area contributed by atoms with E-state index in [0.29, 0.717) is 11.5 Å².